The van der Waals surface area contributed by atoms with Gasteiger partial charge in [0.25, 0.3) is 5.91 Å². The van der Waals surface area contributed by atoms with Crippen molar-refractivity contribution in [3.63, 3.8) is 0 Å². The van der Waals surface area contributed by atoms with Gasteiger partial charge in [0, 0.05) is 13.1 Å². The molecule has 0 aromatic heterocycles. The SMILES string of the molecule is CCCC1CCN(NC(=O)/C(C#N)=C(/C)O)CC1. The molecule has 5 nitrogen and oxygen atoms in total. The summed E-state index contributed by atoms with van der Waals surface area (Å²) in [4.78, 5) is 11.7. The second kappa shape index (κ2) is 7.02. The van der Waals surface area contributed by atoms with Gasteiger partial charge < -0.3 is 5.11 Å². The van der Waals surface area contributed by atoms with Crippen LogP contribution in [0, 0.1) is 17.2 Å². The highest BCUT2D eigenvalue weighted by Crippen LogP contribution is 2.20. The highest BCUT2D eigenvalue weighted by atomic mass is 16.3. The van der Waals surface area contributed by atoms with Crippen molar-refractivity contribution < 1.29 is 9.90 Å². The van der Waals surface area contributed by atoms with Crippen LogP contribution in [0.3, 0.4) is 0 Å². The number of hydrazine groups is 1. The third-order valence-electron chi connectivity index (χ3n) is 3.27. The molecule has 1 saturated heterocycles. The van der Waals surface area contributed by atoms with Gasteiger partial charge in [0.05, 0.1) is 0 Å². The van der Waals surface area contributed by atoms with E-state index in [1.54, 1.807) is 6.07 Å². The van der Waals surface area contributed by atoms with Crippen LogP contribution in [0.5, 0.6) is 0 Å². The maximum Gasteiger partial charge on any atom is 0.279 e. The fourth-order valence-electron chi connectivity index (χ4n) is 2.24. The van der Waals surface area contributed by atoms with Crippen LogP contribution in [-0.4, -0.2) is 29.1 Å². The van der Waals surface area contributed by atoms with Crippen LogP contribution >= 0.6 is 0 Å². The zero-order valence-electron chi connectivity index (χ0n) is 11.1. The lowest BCUT2D eigenvalue weighted by atomic mass is 9.93. The molecule has 1 aliphatic rings. The van der Waals surface area contributed by atoms with Gasteiger partial charge in [0.15, 0.2) is 5.57 Å². The molecule has 0 unspecified atom stereocenters. The number of carbonyl (C=O) groups excluding carboxylic acids is 1. The fourth-order valence-corrected chi connectivity index (χ4v) is 2.24. The molecular formula is C13H21N3O2. The third kappa shape index (κ3) is 4.04. The number of hydrogen-bond donors (Lipinski definition) is 2. The fraction of sp³-hybridized carbons (Fsp3) is 0.692. The van der Waals surface area contributed by atoms with Crippen LogP contribution in [0.2, 0.25) is 0 Å². The van der Waals surface area contributed by atoms with E-state index in [-0.39, 0.29) is 11.3 Å². The van der Waals surface area contributed by atoms with E-state index in [1.807, 2.05) is 5.01 Å². The van der Waals surface area contributed by atoms with E-state index < -0.39 is 5.91 Å². The van der Waals surface area contributed by atoms with Crippen molar-refractivity contribution in [3.05, 3.63) is 11.3 Å². The lowest BCUT2D eigenvalue weighted by Gasteiger charge is -2.31. The van der Waals surface area contributed by atoms with Gasteiger partial charge in [-0.2, -0.15) is 5.26 Å². The number of nitrogens with one attached hydrogen (secondary N) is 1. The monoisotopic (exact) mass is 251 g/mol. The summed E-state index contributed by atoms with van der Waals surface area (Å²) in [7, 11) is 0. The second-order valence-electron chi connectivity index (χ2n) is 4.73. The Morgan fingerprint density at radius 3 is 2.56 bits per heavy atom. The van der Waals surface area contributed by atoms with Crippen LogP contribution in [0.4, 0.5) is 0 Å². The van der Waals surface area contributed by atoms with Gasteiger partial charge in [-0.1, -0.05) is 19.8 Å². The van der Waals surface area contributed by atoms with Crippen LogP contribution in [-0.2, 0) is 4.79 Å². The summed E-state index contributed by atoms with van der Waals surface area (Å²) in [5.41, 5.74) is 2.45. The van der Waals surface area contributed by atoms with Gasteiger partial charge in [0.2, 0.25) is 0 Å². The quantitative estimate of drug-likeness (QED) is 0.454. The van der Waals surface area contributed by atoms with Crippen molar-refractivity contribution >= 4 is 5.91 Å². The summed E-state index contributed by atoms with van der Waals surface area (Å²) in [6, 6.07) is 1.71. The first kappa shape index (κ1) is 14.5. The first-order valence-corrected chi connectivity index (χ1v) is 6.44. The predicted octanol–water partition coefficient (Wildman–Crippen LogP) is 1.89. The minimum Gasteiger partial charge on any atom is -0.511 e. The van der Waals surface area contributed by atoms with Gasteiger partial charge in [-0.15, -0.1) is 0 Å². The largest absolute Gasteiger partial charge is 0.511 e. The summed E-state index contributed by atoms with van der Waals surface area (Å²) in [5, 5.41) is 19.8. The molecule has 5 heteroatoms. The topological polar surface area (TPSA) is 76.4 Å². The van der Waals surface area contributed by atoms with E-state index in [0.29, 0.717) is 0 Å². The molecule has 0 spiro atoms. The Labute approximate surface area is 108 Å². The molecule has 0 bridgehead atoms. The van der Waals surface area contributed by atoms with E-state index in [0.717, 1.165) is 31.8 Å². The van der Waals surface area contributed by atoms with Crippen molar-refractivity contribution in [1.82, 2.24) is 10.4 Å². The van der Waals surface area contributed by atoms with E-state index in [4.69, 9.17) is 5.26 Å². The normalized spacial score (nSPS) is 18.9. The molecule has 1 amide bonds. The van der Waals surface area contributed by atoms with Gasteiger partial charge >= 0.3 is 0 Å². The molecule has 0 atom stereocenters. The Kier molecular flexibility index (Phi) is 5.66. The minimum absolute atomic E-state index is 0.217. The summed E-state index contributed by atoms with van der Waals surface area (Å²) >= 11 is 0. The van der Waals surface area contributed by atoms with Crippen molar-refractivity contribution in [2.24, 2.45) is 5.92 Å². The van der Waals surface area contributed by atoms with E-state index in [9.17, 15) is 9.90 Å². The minimum atomic E-state index is -0.522. The summed E-state index contributed by atoms with van der Waals surface area (Å²) in [5.74, 6) is -0.0176. The van der Waals surface area contributed by atoms with Crippen molar-refractivity contribution in [2.75, 3.05) is 13.1 Å². The molecule has 1 fully saturated rings. The smallest absolute Gasteiger partial charge is 0.279 e. The lowest BCUT2D eigenvalue weighted by Crippen LogP contribution is -2.47. The highest BCUT2D eigenvalue weighted by molar-refractivity contribution is 5.97. The Bertz CT molecular complexity index is 359. The van der Waals surface area contributed by atoms with Crippen LogP contribution < -0.4 is 5.43 Å². The molecule has 2 N–H and O–H groups in total. The predicted molar refractivity (Wildman–Crippen MR) is 68.3 cm³/mol. The number of nitriles is 1. The van der Waals surface area contributed by atoms with Crippen molar-refractivity contribution in [3.8, 4) is 6.07 Å². The zero-order valence-corrected chi connectivity index (χ0v) is 11.1. The summed E-state index contributed by atoms with van der Waals surface area (Å²) in [6.07, 6.45) is 4.57. The van der Waals surface area contributed by atoms with Gasteiger partial charge in [-0.3, -0.25) is 10.2 Å². The van der Waals surface area contributed by atoms with E-state index in [1.165, 1.54) is 19.8 Å². The number of nitrogens with zero attached hydrogens (tertiary/aromatic N) is 2. The van der Waals surface area contributed by atoms with E-state index >= 15 is 0 Å². The highest BCUT2D eigenvalue weighted by Gasteiger charge is 2.21. The molecule has 0 aliphatic carbocycles. The number of piperidine rings is 1. The number of aliphatic hydroxyl groups is 1. The molecule has 0 saturated carbocycles. The standard InChI is InChI=1S/C13H21N3O2/c1-3-4-11-5-7-16(8-6-11)15-13(18)12(9-14)10(2)17/h11,17H,3-8H2,1-2H3,(H,15,18)/b12-10-. The molecule has 1 heterocycles. The Hall–Kier alpha value is -1.54. The average molecular weight is 251 g/mol. The molecule has 1 rings (SSSR count). The molecule has 0 radical (unpaired) electrons. The second-order valence-corrected chi connectivity index (χ2v) is 4.73. The average Bonchev–Trinajstić information content (AvgIpc) is 2.32. The van der Waals surface area contributed by atoms with Crippen molar-refractivity contribution in [2.45, 2.75) is 39.5 Å². The first-order valence-electron chi connectivity index (χ1n) is 6.44. The van der Waals surface area contributed by atoms with Crippen LogP contribution in [0.1, 0.15) is 39.5 Å². The van der Waals surface area contributed by atoms with Crippen LogP contribution in [0.15, 0.2) is 11.3 Å². The number of carbonyl (C=O) groups is 1. The number of rotatable bonds is 4. The molecule has 100 valence electrons. The summed E-state index contributed by atoms with van der Waals surface area (Å²) in [6.45, 7) is 5.13. The number of allylic oxidation sites excluding steroid dienone is 1. The summed E-state index contributed by atoms with van der Waals surface area (Å²) < 4.78 is 0. The number of hydrogen-bond acceptors (Lipinski definition) is 4. The molecule has 18 heavy (non-hydrogen) atoms. The molecule has 0 aromatic rings. The maximum absolute atomic E-state index is 11.7. The Balaban J connectivity index is 2.44. The molecular weight excluding hydrogens is 230 g/mol. The molecule has 0 aromatic carbocycles. The van der Waals surface area contributed by atoms with Gasteiger partial charge in [0.1, 0.15) is 11.8 Å². The van der Waals surface area contributed by atoms with Crippen LogP contribution in [0.25, 0.3) is 0 Å². The van der Waals surface area contributed by atoms with Crippen molar-refractivity contribution in [1.29, 1.82) is 5.26 Å². The Morgan fingerprint density at radius 2 is 2.11 bits per heavy atom. The number of amides is 1. The first-order chi connectivity index (χ1) is 8.58. The third-order valence-corrected chi connectivity index (χ3v) is 3.27. The van der Waals surface area contributed by atoms with Gasteiger partial charge in [-0.05, 0) is 25.7 Å². The van der Waals surface area contributed by atoms with E-state index in [2.05, 4.69) is 12.3 Å². The number of aliphatic hydroxyl groups excluding tert-OH is 1. The Morgan fingerprint density at radius 1 is 1.50 bits per heavy atom. The maximum atomic E-state index is 11.7. The van der Waals surface area contributed by atoms with Gasteiger partial charge in [-0.25, -0.2) is 5.01 Å². The molecule has 1 aliphatic heterocycles. The zero-order chi connectivity index (χ0) is 13.5. The lowest BCUT2D eigenvalue weighted by molar-refractivity contribution is -0.122.